The van der Waals surface area contributed by atoms with Crippen LogP contribution in [-0.4, -0.2) is 5.11 Å². The molecule has 4 heteroatoms. The Morgan fingerprint density at radius 3 is 2.75 bits per heavy atom. The van der Waals surface area contributed by atoms with E-state index in [1.807, 2.05) is 24.3 Å². The lowest BCUT2D eigenvalue weighted by atomic mass is 10.1. The highest BCUT2D eigenvalue weighted by Gasteiger charge is 2.09. The first-order valence-corrected chi connectivity index (χ1v) is 6.55. The highest BCUT2D eigenvalue weighted by molar-refractivity contribution is 9.11. The highest BCUT2D eigenvalue weighted by atomic mass is 79.9. The minimum atomic E-state index is -0.0156. The van der Waals surface area contributed by atoms with Crippen LogP contribution in [0.1, 0.15) is 16.5 Å². The second kappa shape index (κ2) is 4.99. The van der Waals surface area contributed by atoms with Gasteiger partial charge in [0.1, 0.15) is 5.75 Å². The van der Waals surface area contributed by atoms with E-state index in [-0.39, 0.29) is 11.8 Å². The van der Waals surface area contributed by atoms with Crippen LogP contribution in [0.5, 0.6) is 5.75 Å². The summed E-state index contributed by atoms with van der Waals surface area (Å²) in [6.45, 7) is 0. The Bertz CT molecular complexity index is 483. The average Bonchev–Trinajstić information content (AvgIpc) is 2.65. The van der Waals surface area contributed by atoms with Crippen LogP contribution in [-0.2, 0) is 6.42 Å². The van der Waals surface area contributed by atoms with Gasteiger partial charge in [-0.25, -0.2) is 0 Å². The summed E-state index contributed by atoms with van der Waals surface area (Å²) in [7, 11) is 0. The molecule has 1 aromatic carbocycles. The minimum absolute atomic E-state index is 0.0156. The van der Waals surface area contributed by atoms with Crippen molar-refractivity contribution in [3.63, 3.8) is 0 Å². The van der Waals surface area contributed by atoms with Gasteiger partial charge in [-0.2, -0.15) is 0 Å². The number of hydrogen-bond donors (Lipinski definition) is 2. The summed E-state index contributed by atoms with van der Waals surface area (Å²) >= 11 is 5.07. The summed E-state index contributed by atoms with van der Waals surface area (Å²) in [6, 6.07) is 11.2. The van der Waals surface area contributed by atoms with Crippen molar-refractivity contribution in [1.82, 2.24) is 0 Å². The molecule has 2 rings (SSSR count). The molecule has 1 unspecified atom stereocenters. The van der Waals surface area contributed by atoms with E-state index in [0.29, 0.717) is 0 Å². The van der Waals surface area contributed by atoms with Crippen molar-refractivity contribution in [1.29, 1.82) is 0 Å². The molecule has 0 spiro atoms. The maximum Gasteiger partial charge on any atom is 0.115 e. The molecule has 0 aliphatic rings. The molecule has 0 amide bonds. The van der Waals surface area contributed by atoms with Gasteiger partial charge in [-0.3, -0.25) is 0 Å². The number of rotatable bonds is 3. The predicted molar refractivity (Wildman–Crippen MR) is 70.8 cm³/mol. The number of benzene rings is 1. The summed E-state index contributed by atoms with van der Waals surface area (Å²) in [5, 5.41) is 9.35. The van der Waals surface area contributed by atoms with E-state index in [2.05, 4.69) is 15.9 Å². The van der Waals surface area contributed by atoms with Crippen LogP contribution >= 0.6 is 27.3 Å². The first-order valence-electron chi connectivity index (χ1n) is 4.94. The maximum absolute atomic E-state index is 9.35. The quantitative estimate of drug-likeness (QED) is 0.911. The molecule has 0 saturated carbocycles. The Balaban J connectivity index is 2.10. The summed E-state index contributed by atoms with van der Waals surface area (Å²) in [4.78, 5) is 1.15. The summed E-state index contributed by atoms with van der Waals surface area (Å²) in [6.07, 6.45) is 0.737. The fraction of sp³-hybridized carbons (Fsp3) is 0.167. The van der Waals surface area contributed by atoms with Crippen LogP contribution in [0, 0.1) is 0 Å². The van der Waals surface area contributed by atoms with E-state index in [9.17, 15) is 5.11 Å². The lowest BCUT2D eigenvalue weighted by Gasteiger charge is -2.09. The average molecular weight is 298 g/mol. The number of halogens is 1. The molecule has 0 radical (unpaired) electrons. The SMILES string of the molecule is NC(Cc1cccc(O)c1)c1ccc(Br)s1. The lowest BCUT2D eigenvalue weighted by Crippen LogP contribution is -2.11. The summed E-state index contributed by atoms with van der Waals surface area (Å²) in [5.74, 6) is 0.289. The zero-order valence-corrected chi connectivity index (χ0v) is 11.0. The van der Waals surface area contributed by atoms with Gasteiger partial charge in [0.2, 0.25) is 0 Å². The third-order valence-electron chi connectivity index (χ3n) is 2.33. The van der Waals surface area contributed by atoms with Gasteiger partial charge in [-0.05, 0) is 52.2 Å². The maximum atomic E-state index is 9.35. The van der Waals surface area contributed by atoms with Gasteiger partial charge in [0.15, 0.2) is 0 Å². The molecule has 0 bridgehead atoms. The topological polar surface area (TPSA) is 46.2 Å². The van der Waals surface area contributed by atoms with E-state index >= 15 is 0 Å². The van der Waals surface area contributed by atoms with Gasteiger partial charge in [0, 0.05) is 10.9 Å². The van der Waals surface area contributed by atoms with Crippen molar-refractivity contribution in [3.05, 3.63) is 50.6 Å². The van der Waals surface area contributed by atoms with Crippen LogP contribution in [0.4, 0.5) is 0 Å². The number of aromatic hydroxyl groups is 1. The number of thiophene rings is 1. The fourth-order valence-corrected chi connectivity index (χ4v) is 2.99. The second-order valence-electron chi connectivity index (χ2n) is 3.62. The molecule has 1 heterocycles. The molecule has 3 N–H and O–H groups in total. The molecule has 16 heavy (non-hydrogen) atoms. The number of phenols is 1. The van der Waals surface area contributed by atoms with Crippen molar-refractivity contribution in [2.45, 2.75) is 12.5 Å². The van der Waals surface area contributed by atoms with Crippen LogP contribution in [0.2, 0.25) is 0 Å². The Morgan fingerprint density at radius 2 is 2.12 bits per heavy atom. The number of phenolic OH excluding ortho intramolecular Hbond substituents is 1. The van der Waals surface area contributed by atoms with Gasteiger partial charge < -0.3 is 10.8 Å². The smallest absolute Gasteiger partial charge is 0.115 e. The van der Waals surface area contributed by atoms with Gasteiger partial charge in [0.25, 0.3) is 0 Å². The fourth-order valence-electron chi connectivity index (χ4n) is 1.57. The van der Waals surface area contributed by atoms with Gasteiger partial charge in [-0.15, -0.1) is 11.3 Å². The van der Waals surface area contributed by atoms with Crippen molar-refractivity contribution in [2.75, 3.05) is 0 Å². The van der Waals surface area contributed by atoms with E-state index < -0.39 is 0 Å². The van der Waals surface area contributed by atoms with Crippen molar-refractivity contribution < 1.29 is 5.11 Å². The van der Waals surface area contributed by atoms with Gasteiger partial charge in [-0.1, -0.05) is 12.1 Å². The van der Waals surface area contributed by atoms with E-state index in [1.165, 1.54) is 0 Å². The summed E-state index contributed by atoms with van der Waals surface area (Å²) < 4.78 is 1.09. The molecule has 1 atom stereocenters. The van der Waals surface area contributed by atoms with Crippen LogP contribution in [0.15, 0.2) is 40.2 Å². The van der Waals surface area contributed by atoms with Gasteiger partial charge in [0.05, 0.1) is 3.79 Å². The van der Waals surface area contributed by atoms with E-state index in [1.54, 1.807) is 23.5 Å². The van der Waals surface area contributed by atoms with Crippen LogP contribution < -0.4 is 5.73 Å². The normalized spacial score (nSPS) is 12.6. The zero-order valence-electron chi connectivity index (χ0n) is 8.56. The standard InChI is InChI=1S/C12H12BrNOS/c13-12-5-4-11(16-12)10(14)7-8-2-1-3-9(15)6-8/h1-6,10,15H,7,14H2. The second-order valence-corrected chi connectivity index (χ2v) is 6.12. The first-order chi connectivity index (χ1) is 7.65. The third-order valence-corrected chi connectivity index (χ3v) is 4.08. The highest BCUT2D eigenvalue weighted by Crippen LogP contribution is 2.28. The van der Waals surface area contributed by atoms with E-state index in [4.69, 9.17) is 5.73 Å². The molecule has 84 valence electrons. The van der Waals surface area contributed by atoms with Crippen molar-refractivity contribution >= 4 is 27.3 Å². The molecule has 1 aromatic heterocycles. The molecule has 0 aliphatic heterocycles. The molecule has 0 saturated heterocycles. The zero-order chi connectivity index (χ0) is 11.5. The molecule has 0 fully saturated rings. The first kappa shape index (κ1) is 11.6. The molecular weight excluding hydrogens is 286 g/mol. The largest absolute Gasteiger partial charge is 0.508 e. The van der Waals surface area contributed by atoms with Crippen molar-refractivity contribution in [3.8, 4) is 5.75 Å². The van der Waals surface area contributed by atoms with E-state index in [0.717, 1.165) is 20.6 Å². The monoisotopic (exact) mass is 297 g/mol. The Hall–Kier alpha value is -0.840. The lowest BCUT2D eigenvalue weighted by molar-refractivity contribution is 0.474. The Morgan fingerprint density at radius 1 is 1.31 bits per heavy atom. The number of nitrogens with two attached hydrogens (primary N) is 1. The minimum Gasteiger partial charge on any atom is -0.508 e. The van der Waals surface area contributed by atoms with Crippen LogP contribution in [0.3, 0.4) is 0 Å². The van der Waals surface area contributed by atoms with Crippen molar-refractivity contribution in [2.24, 2.45) is 5.73 Å². The Labute approximate surface area is 107 Å². The molecular formula is C12H12BrNOS. The number of hydrogen-bond acceptors (Lipinski definition) is 3. The molecule has 0 aliphatic carbocycles. The van der Waals surface area contributed by atoms with Gasteiger partial charge >= 0.3 is 0 Å². The third kappa shape index (κ3) is 2.84. The van der Waals surface area contributed by atoms with Crippen LogP contribution in [0.25, 0.3) is 0 Å². The predicted octanol–water partition coefficient (Wildman–Crippen LogP) is 3.46. The summed E-state index contributed by atoms with van der Waals surface area (Å²) in [5.41, 5.74) is 7.15. The molecule has 2 aromatic rings. The Kier molecular flexibility index (Phi) is 3.63. The molecule has 2 nitrogen and oxygen atoms in total.